The second-order valence-corrected chi connectivity index (χ2v) is 6.41. The van der Waals surface area contributed by atoms with Gasteiger partial charge in [0.05, 0.1) is 16.4 Å². The number of hydrogen-bond acceptors (Lipinski definition) is 1. The monoisotopic (exact) mass is 323 g/mol. The topological polar surface area (TPSA) is 49.8 Å². The van der Waals surface area contributed by atoms with E-state index in [-0.39, 0.29) is 5.56 Å². The number of fused-ring (bicyclic) bond motifs is 6. The highest BCUT2D eigenvalue weighted by molar-refractivity contribution is 6.18. The van der Waals surface area contributed by atoms with Crippen molar-refractivity contribution in [1.82, 2.24) is 4.40 Å². The zero-order valence-corrected chi connectivity index (χ0v) is 13.2. The summed E-state index contributed by atoms with van der Waals surface area (Å²) in [6, 6.07) is 22.2. The maximum absolute atomic E-state index is 13.3. The minimum absolute atomic E-state index is 0.0260. The summed E-state index contributed by atoms with van der Waals surface area (Å²) < 4.78 is 1.83. The van der Waals surface area contributed by atoms with Crippen LogP contribution in [0.1, 0.15) is 0 Å². The lowest BCUT2D eigenvalue weighted by molar-refractivity contribution is -0.360. The van der Waals surface area contributed by atoms with Gasteiger partial charge in [-0.1, -0.05) is 42.5 Å². The number of aromatic nitrogens is 3. The number of nitrogens with one attached hydrogen (secondary N) is 2. The fraction of sp³-hybridized carbons (Fsp3) is 0. The van der Waals surface area contributed by atoms with Gasteiger partial charge in [0, 0.05) is 22.9 Å². The Bertz CT molecular complexity index is 1510. The quantitative estimate of drug-likeness (QED) is 0.313. The molecule has 0 saturated heterocycles. The van der Waals surface area contributed by atoms with Crippen molar-refractivity contribution in [1.29, 1.82) is 0 Å². The number of aromatic amines is 2. The fourth-order valence-corrected chi connectivity index (χ4v) is 4.00. The van der Waals surface area contributed by atoms with Crippen molar-refractivity contribution in [3.8, 4) is 0 Å². The van der Waals surface area contributed by atoms with Gasteiger partial charge in [0.25, 0.3) is 16.6 Å². The maximum Gasteiger partial charge on any atom is 0.343 e. The van der Waals surface area contributed by atoms with Gasteiger partial charge < -0.3 is 0 Å². The average molecular weight is 323 g/mol. The molecule has 0 spiro atoms. The molecule has 0 bridgehead atoms. The van der Waals surface area contributed by atoms with Crippen molar-refractivity contribution in [3.05, 3.63) is 77.1 Å². The molecule has 0 aliphatic carbocycles. The van der Waals surface area contributed by atoms with Crippen molar-refractivity contribution in [2.24, 2.45) is 0 Å². The van der Waals surface area contributed by atoms with Crippen LogP contribution >= 0.6 is 0 Å². The Hall–Kier alpha value is -3.53. The second kappa shape index (κ2) is 4.30. The van der Waals surface area contributed by atoms with Gasteiger partial charge >= 0.3 is 11.1 Å². The van der Waals surface area contributed by atoms with Crippen LogP contribution in [0.15, 0.2) is 71.5 Å². The molecule has 0 amide bonds. The molecule has 0 atom stereocenters. The second-order valence-electron chi connectivity index (χ2n) is 6.41. The van der Waals surface area contributed by atoms with Crippen LogP contribution in [0.25, 0.3) is 49.3 Å². The molecule has 0 radical (unpaired) electrons. The molecule has 0 aliphatic heterocycles. The largest absolute Gasteiger partial charge is 0.343 e. The Balaban J connectivity index is 2.04. The lowest BCUT2D eigenvalue weighted by Crippen LogP contribution is -2.27. The molecule has 0 aliphatic rings. The number of nitrogens with zero attached hydrogens (tertiary/aromatic N) is 1. The summed E-state index contributed by atoms with van der Waals surface area (Å²) in [5.41, 5.74) is 5.24. The van der Waals surface area contributed by atoms with Crippen LogP contribution in [-0.2, 0) is 0 Å². The maximum atomic E-state index is 13.3. The van der Waals surface area contributed by atoms with Crippen molar-refractivity contribution < 1.29 is 9.97 Å². The Kier molecular flexibility index (Phi) is 2.21. The molecular formula is C21H13N3O+2. The molecular weight excluding hydrogens is 310 g/mol. The van der Waals surface area contributed by atoms with Crippen LogP contribution < -0.4 is 15.5 Å². The van der Waals surface area contributed by atoms with E-state index in [1.807, 2.05) is 46.9 Å². The molecule has 4 nitrogen and oxygen atoms in total. The molecule has 6 rings (SSSR count). The van der Waals surface area contributed by atoms with Gasteiger partial charge in [-0.15, -0.1) is 0 Å². The van der Waals surface area contributed by atoms with E-state index in [1.54, 1.807) is 0 Å². The Morgan fingerprint density at radius 1 is 0.640 bits per heavy atom. The lowest BCUT2D eigenvalue weighted by Gasteiger charge is -2.00. The first-order valence-corrected chi connectivity index (χ1v) is 8.27. The van der Waals surface area contributed by atoms with Crippen molar-refractivity contribution in [3.63, 3.8) is 0 Å². The number of H-pyrrole nitrogens is 2. The third kappa shape index (κ3) is 1.49. The summed E-state index contributed by atoms with van der Waals surface area (Å²) in [5.74, 6) is 0. The fourth-order valence-electron chi connectivity index (χ4n) is 4.00. The van der Waals surface area contributed by atoms with Gasteiger partial charge in [0.2, 0.25) is 0 Å². The van der Waals surface area contributed by atoms with Gasteiger partial charge in [-0.3, -0.25) is 9.20 Å². The summed E-state index contributed by atoms with van der Waals surface area (Å²) >= 11 is 0. The average Bonchev–Trinajstić information content (AvgIpc) is 3.01. The van der Waals surface area contributed by atoms with Crippen molar-refractivity contribution in [2.75, 3.05) is 0 Å². The van der Waals surface area contributed by atoms with Gasteiger partial charge in [0.15, 0.2) is 0 Å². The molecule has 0 unspecified atom stereocenters. The summed E-state index contributed by atoms with van der Waals surface area (Å²) in [7, 11) is 0. The SMILES string of the molecule is O=c1c2[nH+]c3ccccc3[nH+]c2c2cccc3c4ccccc4n1c32. The van der Waals surface area contributed by atoms with E-state index in [1.165, 1.54) is 0 Å². The molecule has 0 fully saturated rings. The van der Waals surface area contributed by atoms with E-state index in [2.05, 4.69) is 34.2 Å². The summed E-state index contributed by atoms with van der Waals surface area (Å²) in [6.07, 6.45) is 0. The number of hydrogen-bond donors (Lipinski definition) is 0. The third-order valence-corrected chi connectivity index (χ3v) is 5.08. The van der Waals surface area contributed by atoms with E-state index in [4.69, 9.17) is 0 Å². The standard InChI is InChI=1S/C21H11N3O/c25-21-19-18(22-15-9-2-3-10-16(15)23-19)14-8-5-7-13-12-6-1-4-11-17(12)24(21)20(13)14/h1-11H/p+2. The molecule has 25 heavy (non-hydrogen) atoms. The summed E-state index contributed by atoms with van der Waals surface area (Å²) in [4.78, 5) is 20.1. The highest BCUT2D eigenvalue weighted by Gasteiger charge is 2.25. The predicted octanol–water partition coefficient (Wildman–Crippen LogP) is 2.98. The zero-order chi connectivity index (χ0) is 16.5. The zero-order valence-electron chi connectivity index (χ0n) is 13.2. The smallest absolute Gasteiger partial charge is 0.269 e. The molecule has 3 aromatic heterocycles. The Labute approximate surface area is 141 Å². The molecule has 6 aromatic rings. The number of rotatable bonds is 0. The minimum atomic E-state index is -0.0260. The van der Waals surface area contributed by atoms with Crippen LogP contribution in [0, 0.1) is 0 Å². The number of para-hydroxylation sites is 4. The van der Waals surface area contributed by atoms with Gasteiger partial charge in [-0.2, -0.15) is 9.97 Å². The minimum Gasteiger partial charge on any atom is -0.269 e. The van der Waals surface area contributed by atoms with Crippen LogP contribution in [0.2, 0.25) is 0 Å². The van der Waals surface area contributed by atoms with Crippen LogP contribution in [0.5, 0.6) is 0 Å². The van der Waals surface area contributed by atoms with E-state index in [9.17, 15) is 4.79 Å². The normalized spacial score (nSPS) is 12.2. The molecule has 4 heteroatoms. The number of pyridine rings is 1. The molecule has 3 aromatic carbocycles. The third-order valence-electron chi connectivity index (χ3n) is 5.08. The molecule has 2 N–H and O–H groups in total. The Morgan fingerprint density at radius 3 is 2.12 bits per heavy atom. The van der Waals surface area contributed by atoms with Crippen molar-refractivity contribution >= 4 is 49.3 Å². The predicted molar refractivity (Wildman–Crippen MR) is 98.0 cm³/mol. The van der Waals surface area contributed by atoms with Crippen LogP contribution in [0.3, 0.4) is 0 Å². The van der Waals surface area contributed by atoms with E-state index >= 15 is 0 Å². The Morgan fingerprint density at radius 2 is 1.28 bits per heavy atom. The lowest BCUT2D eigenvalue weighted by atomic mass is 10.1. The van der Waals surface area contributed by atoms with E-state index < -0.39 is 0 Å². The first-order chi connectivity index (χ1) is 12.3. The van der Waals surface area contributed by atoms with Crippen LogP contribution in [0.4, 0.5) is 0 Å². The van der Waals surface area contributed by atoms with Crippen molar-refractivity contribution in [2.45, 2.75) is 0 Å². The van der Waals surface area contributed by atoms with Gasteiger partial charge in [-0.25, -0.2) is 0 Å². The first-order valence-electron chi connectivity index (χ1n) is 8.27. The van der Waals surface area contributed by atoms with E-state index in [0.29, 0.717) is 5.52 Å². The molecule has 0 saturated carbocycles. The van der Waals surface area contributed by atoms with Gasteiger partial charge in [0.1, 0.15) is 0 Å². The molecule has 116 valence electrons. The van der Waals surface area contributed by atoms with E-state index in [0.717, 1.165) is 43.7 Å². The van der Waals surface area contributed by atoms with Gasteiger partial charge in [-0.05, 0) is 12.1 Å². The highest BCUT2D eigenvalue weighted by Crippen LogP contribution is 2.32. The number of benzene rings is 3. The summed E-state index contributed by atoms with van der Waals surface area (Å²) in [6.45, 7) is 0. The molecule has 3 heterocycles. The summed E-state index contributed by atoms with van der Waals surface area (Å²) in [5, 5.41) is 3.25. The first kappa shape index (κ1) is 12.8. The highest BCUT2D eigenvalue weighted by atomic mass is 16.1. The van der Waals surface area contributed by atoms with Crippen LogP contribution in [-0.4, -0.2) is 4.40 Å².